The molecule has 0 bridgehead atoms. The van der Waals surface area contributed by atoms with Gasteiger partial charge in [0.2, 0.25) is 0 Å². The van der Waals surface area contributed by atoms with Gasteiger partial charge in [0, 0.05) is 21.8 Å². The van der Waals surface area contributed by atoms with E-state index >= 15 is 0 Å². The minimum Gasteiger partial charge on any atom is -0.455 e. The number of furan rings is 1. The lowest BCUT2D eigenvalue weighted by Crippen LogP contribution is -2.10. The van der Waals surface area contributed by atoms with E-state index in [1.807, 2.05) is 24.3 Å². The summed E-state index contributed by atoms with van der Waals surface area (Å²) in [6.07, 6.45) is 0. The summed E-state index contributed by atoms with van der Waals surface area (Å²) in [7, 11) is 0. The third-order valence-electron chi connectivity index (χ3n) is 6.64. The molecule has 0 aliphatic heterocycles. The van der Waals surface area contributed by atoms with E-state index in [4.69, 9.17) is 4.42 Å². The normalized spacial score (nSPS) is 11.9. The zero-order valence-electron chi connectivity index (χ0n) is 19.2. The van der Waals surface area contributed by atoms with Gasteiger partial charge in [0.1, 0.15) is 23.3 Å². The molecule has 0 atom stereocenters. The molecule has 0 spiro atoms. The molecule has 6 rings (SSSR count). The predicted octanol–water partition coefficient (Wildman–Crippen LogP) is 7.72. The van der Waals surface area contributed by atoms with Crippen molar-refractivity contribution in [2.75, 3.05) is 0 Å². The van der Waals surface area contributed by atoms with Crippen LogP contribution in [0.2, 0.25) is 0 Å². The van der Waals surface area contributed by atoms with E-state index in [2.05, 4.69) is 73.9 Å². The molecule has 0 saturated carbocycles. The Morgan fingerprint density at radius 2 is 1.50 bits per heavy atom. The van der Waals surface area contributed by atoms with E-state index < -0.39 is 0 Å². The first-order chi connectivity index (χ1) is 16.4. The van der Waals surface area contributed by atoms with E-state index in [0.29, 0.717) is 11.1 Å². The largest absolute Gasteiger partial charge is 0.455 e. The molecule has 162 valence electrons. The average Bonchev–Trinajstić information content (AvgIpc) is 3.38. The van der Waals surface area contributed by atoms with E-state index in [1.165, 1.54) is 5.56 Å². The minimum atomic E-state index is -0.00713. The van der Waals surface area contributed by atoms with E-state index in [9.17, 15) is 10.5 Å². The standard InChI is InChI=1S/C30H21N3O/c1-30(2,3)20-9-12-25-24(15-20)28-26(33(25)21-10-8-18(16-31)19(14-21)17-32)13-11-23-22-6-4-5-7-27(22)34-29(23)28/h4-15H,1-3H3. The van der Waals surface area contributed by atoms with Crippen molar-refractivity contribution in [2.24, 2.45) is 0 Å². The summed E-state index contributed by atoms with van der Waals surface area (Å²) < 4.78 is 8.58. The summed E-state index contributed by atoms with van der Waals surface area (Å²) in [6, 6.07) is 28.6. The molecule has 0 fully saturated rings. The van der Waals surface area contributed by atoms with Gasteiger partial charge >= 0.3 is 0 Å². The summed E-state index contributed by atoms with van der Waals surface area (Å²) in [5.74, 6) is 0. The molecule has 4 aromatic carbocycles. The van der Waals surface area contributed by atoms with Gasteiger partial charge in [-0.05, 0) is 59.5 Å². The van der Waals surface area contributed by atoms with E-state index in [-0.39, 0.29) is 5.41 Å². The minimum absolute atomic E-state index is 0.00713. The zero-order chi connectivity index (χ0) is 23.6. The van der Waals surface area contributed by atoms with Gasteiger partial charge in [-0.3, -0.25) is 0 Å². The number of nitrogens with zero attached hydrogens (tertiary/aromatic N) is 3. The molecule has 4 nitrogen and oxygen atoms in total. The van der Waals surface area contributed by atoms with Gasteiger partial charge in [-0.2, -0.15) is 10.5 Å². The van der Waals surface area contributed by atoms with Crippen molar-refractivity contribution in [1.82, 2.24) is 4.57 Å². The summed E-state index contributed by atoms with van der Waals surface area (Å²) in [5.41, 5.74) is 6.58. The first-order valence-electron chi connectivity index (χ1n) is 11.2. The summed E-state index contributed by atoms with van der Waals surface area (Å²) in [5, 5.41) is 23.3. The molecule has 0 radical (unpaired) electrons. The second kappa shape index (κ2) is 6.98. The Balaban J connectivity index is 1.81. The zero-order valence-corrected chi connectivity index (χ0v) is 19.2. The first-order valence-corrected chi connectivity index (χ1v) is 11.2. The van der Waals surface area contributed by atoms with Gasteiger partial charge in [0.25, 0.3) is 0 Å². The summed E-state index contributed by atoms with van der Waals surface area (Å²) >= 11 is 0. The van der Waals surface area contributed by atoms with E-state index in [0.717, 1.165) is 49.4 Å². The highest BCUT2D eigenvalue weighted by molar-refractivity contribution is 6.23. The number of aromatic nitrogens is 1. The third-order valence-corrected chi connectivity index (χ3v) is 6.64. The fraction of sp³-hybridized carbons (Fsp3) is 0.133. The van der Waals surface area contributed by atoms with Gasteiger partial charge in [-0.15, -0.1) is 0 Å². The van der Waals surface area contributed by atoms with Crippen LogP contribution in [0.15, 0.2) is 77.2 Å². The maximum absolute atomic E-state index is 9.62. The van der Waals surface area contributed by atoms with Crippen LogP contribution in [0.25, 0.3) is 49.4 Å². The number of nitriles is 2. The third kappa shape index (κ3) is 2.76. The molecule has 0 N–H and O–H groups in total. The van der Waals surface area contributed by atoms with Crippen molar-refractivity contribution in [3.8, 4) is 17.8 Å². The van der Waals surface area contributed by atoms with Gasteiger partial charge in [0.15, 0.2) is 0 Å². The molecule has 0 amide bonds. The Hall–Kier alpha value is -4.54. The number of rotatable bonds is 1. The first kappa shape index (κ1) is 20.1. The Bertz CT molecular complexity index is 1860. The highest BCUT2D eigenvalue weighted by atomic mass is 16.3. The molecule has 2 heterocycles. The summed E-state index contributed by atoms with van der Waals surface area (Å²) in [4.78, 5) is 0. The van der Waals surface area contributed by atoms with Crippen molar-refractivity contribution in [1.29, 1.82) is 10.5 Å². The highest BCUT2D eigenvalue weighted by Gasteiger charge is 2.21. The number of para-hydroxylation sites is 1. The average molecular weight is 440 g/mol. The van der Waals surface area contributed by atoms with Crippen molar-refractivity contribution in [3.63, 3.8) is 0 Å². The lowest BCUT2D eigenvalue weighted by atomic mass is 9.86. The Kier molecular flexibility index (Phi) is 4.12. The number of benzene rings is 4. The van der Waals surface area contributed by atoms with Crippen LogP contribution in [0.5, 0.6) is 0 Å². The SMILES string of the molecule is CC(C)(C)c1ccc2c(c1)c1c3oc4ccccc4c3ccc1n2-c1ccc(C#N)c(C#N)c1. The van der Waals surface area contributed by atoms with Gasteiger partial charge in [0.05, 0.1) is 27.5 Å². The maximum Gasteiger partial charge on any atom is 0.145 e. The second-order valence-corrected chi connectivity index (χ2v) is 9.71. The fourth-order valence-corrected chi connectivity index (χ4v) is 4.89. The van der Waals surface area contributed by atoms with Crippen LogP contribution < -0.4 is 0 Å². The molecule has 0 aliphatic carbocycles. The summed E-state index contributed by atoms with van der Waals surface area (Å²) in [6.45, 7) is 6.64. The second-order valence-electron chi connectivity index (χ2n) is 9.71. The van der Waals surface area contributed by atoms with Crippen LogP contribution in [-0.4, -0.2) is 4.57 Å². The number of fused-ring (bicyclic) bond motifs is 7. The number of hydrogen-bond acceptors (Lipinski definition) is 3. The molecule has 6 aromatic rings. The Morgan fingerprint density at radius 1 is 0.735 bits per heavy atom. The Morgan fingerprint density at radius 3 is 2.26 bits per heavy atom. The molecule has 2 aromatic heterocycles. The van der Waals surface area contributed by atoms with Crippen molar-refractivity contribution in [2.45, 2.75) is 26.2 Å². The van der Waals surface area contributed by atoms with Crippen LogP contribution in [0.3, 0.4) is 0 Å². The predicted molar refractivity (Wildman–Crippen MR) is 136 cm³/mol. The van der Waals surface area contributed by atoms with Crippen molar-refractivity contribution >= 4 is 43.7 Å². The maximum atomic E-state index is 9.62. The molecule has 0 unspecified atom stereocenters. The van der Waals surface area contributed by atoms with Crippen LogP contribution >= 0.6 is 0 Å². The van der Waals surface area contributed by atoms with Crippen LogP contribution in [0.1, 0.15) is 37.5 Å². The lowest BCUT2D eigenvalue weighted by Gasteiger charge is -2.19. The molecule has 4 heteroatoms. The van der Waals surface area contributed by atoms with E-state index in [1.54, 1.807) is 12.1 Å². The van der Waals surface area contributed by atoms with Crippen molar-refractivity contribution < 1.29 is 4.42 Å². The molecular formula is C30H21N3O. The molecule has 34 heavy (non-hydrogen) atoms. The van der Waals surface area contributed by atoms with Gasteiger partial charge < -0.3 is 8.98 Å². The van der Waals surface area contributed by atoms with Crippen LogP contribution in [-0.2, 0) is 5.41 Å². The highest BCUT2D eigenvalue weighted by Crippen LogP contribution is 2.41. The fourth-order valence-electron chi connectivity index (χ4n) is 4.89. The van der Waals surface area contributed by atoms with Crippen molar-refractivity contribution in [3.05, 3.63) is 89.5 Å². The van der Waals surface area contributed by atoms with Gasteiger partial charge in [-0.25, -0.2) is 0 Å². The Labute approximate surface area is 196 Å². The molecular weight excluding hydrogens is 418 g/mol. The quantitative estimate of drug-likeness (QED) is 0.263. The topological polar surface area (TPSA) is 65.7 Å². The molecule has 0 saturated heterocycles. The van der Waals surface area contributed by atoms with Crippen LogP contribution in [0, 0.1) is 22.7 Å². The lowest BCUT2D eigenvalue weighted by molar-refractivity contribution is 0.591. The van der Waals surface area contributed by atoms with Crippen LogP contribution in [0.4, 0.5) is 0 Å². The monoisotopic (exact) mass is 439 g/mol. The van der Waals surface area contributed by atoms with Gasteiger partial charge in [-0.1, -0.05) is 45.0 Å². The smallest absolute Gasteiger partial charge is 0.145 e. The molecule has 0 aliphatic rings. The number of hydrogen-bond donors (Lipinski definition) is 0.